The second kappa shape index (κ2) is 6.26. The first-order chi connectivity index (χ1) is 10.2. The van der Waals surface area contributed by atoms with Crippen LogP contribution in [0.3, 0.4) is 0 Å². The number of hydrazone groups is 1. The smallest absolute Gasteiger partial charge is 0.255 e. The van der Waals surface area contributed by atoms with Crippen LogP contribution in [-0.2, 0) is 9.59 Å². The SMILES string of the molecule is CCC(C)(C)C(=O)NC1=NN(c2cc(Cl)ccc2Cl)C(=O)C1. The number of amidine groups is 1. The van der Waals surface area contributed by atoms with Crippen molar-refractivity contribution in [2.24, 2.45) is 10.5 Å². The number of hydrogen-bond donors (Lipinski definition) is 1. The third kappa shape index (κ3) is 3.42. The van der Waals surface area contributed by atoms with Crippen molar-refractivity contribution < 1.29 is 9.59 Å². The van der Waals surface area contributed by atoms with Crippen molar-refractivity contribution in [1.29, 1.82) is 0 Å². The van der Waals surface area contributed by atoms with E-state index in [4.69, 9.17) is 23.2 Å². The Bertz CT molecular complexity index is 656. The van der Waals surface area contributed by atoms with E-state index in [9.17, 15) is 9.59 Å². The van der Waals surface area contributed by atoms with Gasteiger partial charge in [-0.05, 0) is 24.6 Å². The van der Waals surface area contributed by atoms with Crippen LogP contribution in [0.1, 0.15) is 33.6 Å². The molecule has 0 unspecified atom stereocenters. The van der Waals surface area contributed by atoms with Gasteiger partial charge in [-0.1, -0.05) is 44.0 Å². The number of halogens is 2. The van der Waals surface area contributed by atoms with Gasteiger partial charge in [0, 0.05) is 10.4 Å². The zero-order valence-corrected chi connectivity index (χ0v) is 14.1. The minimum atomic E-state index is -0.521. The van der Waals surface area contributed by atoms with Crippen LogP contribution in [-0.4, -0.2) is 17.6 Å². The first-order valence-electron chi connectivity index (χ1n) is 6.91. The molecule has 0 saturated heterocycles. The molecule has 2 amide bonds. The molecule has 1 aromatic rings. The minimum absolute atomic E-state index is 0.0222. The van der Waals surface area contributed by atoms with Gasteiger partial charge in [-0.15, -0.1) is 0 Å². The van der Waals surface area contributed by atoms with Crippen LogP contribution in [0.2, 0.25) is 10.0 Å². The van der Waals surface area contributed by atoms with Gasteiger partial charge in [0.1, 0.15) is 5.84 Å². The fourth-order valence-electron chi connectivity index (χ4n) is 1.80. The number of benzene rings is 1. The number of rotatable bonds is 3. The molecular formula is C15H17Cl2N3O2. The Balaban J connectivity index is 2.22. The predicted octanol–water partition coefficient (Wildman–Crippen LogP) is 3.60. The third-order valence-electron chi connectivity index (χ3n) is 3.67. The standard InChI is InChI=1S/C15H17Cl2N3O2/c1-4-15(2,3)14(22)18-12-8-13(21)20(19-12)11-7-9(16)5-6-10(11)17/h5-7H,4,8H2,1-3H3,(H,18,19,22). The molecule has 0 spiro atoms. The first kappa shape index (κ1) is 16.8. The van der Waals surface area contributed by atoms with Crippen LogP contribution in [0, 0.1) is 5.41 Å². The normalized spacial score (nSPS) is 15.0. The van der Waals surface area contributed by atoms with Crippen molar-refractivity contribution in [2.75, 3.05) is 5.01 Å². The number of amides is 2. The molecule has 2 rings (SSSR count). The van der Waals surface area contributed by atoms with Crippen LogP contribution < -0.4 is 10.3 Å². The van der Waals surface area contributed by atoms with Crippen LogP contribution in [0.15, 0.2) is 23.3 Å². The molecule has 0 fully saturated rings. The van der Waals surface area contributed by atoms with Gasteiger partial charge in [-0.25, -0.2) is 0 Å². The molecule has 0 bridgehead atoms. The van der Waals surface area contributed by atoms with E-state index < -0.39 is 5.41 Å². The van der Waals surface area contributed by atoms with Crippen LogP contribution in [0.4, 0.5) is 5.69 Å². The monoisotopic (exact) mass is 341 g/mol. The molecule has 1 N–H and O–H groups in total. The maximum Gasteiger partial charge on any atom is 0.255 e. The van der Waals surface area contributed by atoms with Gasteiger partial charge in [0.25, 0.3) is 5.91 Å². The quantitative estimate of drug-likeness (QED) is 0.912. The largest absolute Gasteiger partial charge is 0.312 e. The lowest BCUT2D eigenvalue weighted by Gasteiger charge is -2.20. The third-order valence-corrected chi connectivity index (χ3v) is 4.22. The summed E-state index contributed by atoms with van der Waals surface area (Å²) in [5, 5.41) is 8.85. The number of carbonyl (C=O) groups excluding carboxylic acids is 2. The van der Waals surface area contributed by atoms with Crippen molar-refractivity contribution >= 4 is 46.5 Å². The van der Waals surface area contributed by atoms with E-state index in [-0.39, 0.29) is 18.2 Å². The highest BCUT2D eigenvalue weighted by atomic mass is 35.5. The molecular weight excluding hydrogens is 325 g/mol. The summed E-state index contributed by atoms with van der Waals surface area (Å²) in [6.45, 7) is 5.61. The molecule has 0 atom stereocenters. The van der Waals surface area contributed by atoms with Crippen molar-refractivity contribution in [1.82, 2.24) is 5.32 Å². The zero-order chi connectivity index (χ0) is 16.5. The van der Waals surface area contributed by atoms with Crippen molar-refractivity contribution in [3.63, 3.8) is 0 Å². The lowest BCUT2D eigenvalue weighted by atomic mass is 9.89. The van der Waals surface area contributed by atoms with Gasteiger partial charge in [0.2, 0.25) is 5.91 Å². The molecule has 1 aliphatic heterocycles. The second-order valence-electron chi connectivity index (χ2n) is 5.72. The average Bonchev–Trinajstić information content (AvgIpc) is 2.82. The lowest BCUT2D eigenvalue weighted by Crippen LogP contribution is -2.39. The number of hydrogen-bond acceptors (Lipinski definition) is 3. The van der Waals surface area contributed by atoms with E-state index in [2.05, 4.69) is 10.4 Å². The summed E-state index contributed by atoms with van der Waals surface area (Å²) in [6.07, 6.45) is 0.707. The first-order valence-corrected chi connectivity index (χ1v) is 7.67. The molecule has 22 heavy (non-hydrogen) atoms. The summed E-state index contributed by atoms with van der Waals surface area (Å²) >= 11 is 12.0. The minimum Gasteiger partial charge on any atom is -0.312 e. The molecule has 5 nitrogen and oxygen atoms in total. The molecule has 1 aromatic carbocycles. The molecule has 0 saturated carbocycles. The Morgan fingerprint density at radius 3 is 2.73 bits per heavy atom. The Morgan fingerprint density at radius 1 is 1.41 bits per heavy atom. The Kier molecular flexibility index (Phi) is 4.78. The summed E-state index contributed by atoms with van der Waals surface area (Å²) in [6, 6.07) is 4.79. The van der Waals surface area contributed by atoms with Crippen LogP contribution in [0.5, 0.6) is 0 Å². The molecule has 0 aliphatic carbocycles. The summed E-state index contributed by atoms with van der Waals surface area (Å²) in [5.41, 5.74) is -0.120. The lowest BCUT2D eigenvalue weighted by molar-refractivity contribution is -0.127. The Morgan fingerprint density at radius 2 is 2.09 bits per heavy atom. The van der Waals surface area contributed by atoms with Gasteiger partial charge in [-0.3, -0.25) is 9.59 Å². The van der Waals surface area contributed by atoms with Gasteiger partial charge in [-0.2, -0.15) is 10.1 Å². The van der Waals surface area contributed by atoms with Crippen molar-refractivity contribution in [3.8, 4) is 0 Å². The molecule has 7 heteroatoms. The van der Waals surface area contributed by atoms with E-state index in [1.165, 1.54) is 5.01 Å². The molecule has 118 valence electrons. The number of nitrogens with zero attached hydrogens (tertiary/aromatic N) is 2. The molecule has 1 aliphatic rings. The highest BCUT2D eigenvalue weighted by molar-refractivity contribution is 6.36. The van der Waals surface area contributed by atoms with E-state index in [0.717, 1.165) is 0 Å². The highest BCUT2D eigenvalue weighted by Crippen LogP contribution is 2.31. The zero-order valence-electron chi connectivity index (χ0n) is 12.6. The number of anilines is 1. The van der Waals surface area contributed by atoms with Gasteiger partial charge in [0.15, 0.2) is 0 Å². The molecule has 1 heterocycles. The topological polar surface area (TPSA) is 61.8 Å². The van der Waals surface area contributed by atoms with E-state index >= 15 is 0 Å². The van der Waals surface area contributed by atoms with Gasteiger partial charge < -0.3 is 5.32 Å². The maximum absolute atomic E-state index is 12.2. The van der Waals surface area contributed by atoms with Crippen LogP contribution in [0.25, 0.3) is 0 Å². The van der Waals surface area contributed by atoms with Crippen molar-refractivity contribution in [3.05, 3.63) is 28.2 Å². The van der Waals surface area contributed by atoms with E-state index in [1.54, 1.807) is 18.2 Å². The summed E-state index contributed by atoms with van der Waals surface area (Å²) in [5.74, 6) is -0.123. The highest BCUT2D eigenvalue weighted by Gasteiger charge is 2.31. The second-order valence-corrected chi connectivity index (χ2v) is 6.56. The fraction of sp³-hybridized carbons (Fsp3) is 0.400. The molecule has 0 radical (unpaired) electrons. The fourth-order valence-corrected chi connectivity index (χ4v) is 2.16. The van der Waals surface area contributed by atoms with E-state index in [0.29, 0.717) is 28.0 Å². The van der Waals surface area contributed by atoms with Crippen LogP contribution >= 0.6 is 23.2 Å². The number of carbonyl (C=O) groups is 2. The van der Waals surface area contributed by atoms with Crippen molar-refractivity contribution in [2.45, 2.75) is 33.6 Å². The summed E-state index contributed by atoms with van der Waals surface area (Å²) in [4.78, 5) is 24.3. The van der Waals surface area contributed by atoms with Gasteiger partial charge in [0.05, 0.1) is 17.1 Å². The maximum atomic E-state index is 12.2. The summed E-state index contributed by atoms with van der Waals surface area (Å²) < 4.78 is 0. The molecule has 0 aromatic heterocycles. The van der Waals surface area contributed by atoms with E-state index in [1.807, 2.05) is 20.8 Å². The predicted molar refractivity (Wildman–Crippen MR) is 88.2 cm³/mol. The average molecular weight is 342 g/mol. The Hall–Kier alpha value is -1.59. The summed E-state index contributed by atoms with van der Waals surface area (Å²) in [7, 11) is 0. The van der Waals surface area contributed by atoms with Gasteiger partial charge >= 0.3 is 0 Å². The number of nitrogens with one attached hydrogen (secondary N) is 1. The Labute approximate surface area is 139 Å².